The lowest BCUT2D eigenvalue weighted by Gasteiger charge is -2.14. The molecule has 21 heavy (non-hydrogen) atoms. The normalized spacial score (nSPS) is 10.2. The second-order valence-electron chi connectivity index (χ2n) is 4.36. The summed E-state index contributed by atoms with van der Waals surface area (Å²) < 4.78 is 5.79. The Morgan fingerprint density at radius 1 is 1.33 bits per heavy atom. The van der Waals surface area contributed by atoms with Crippen LogP contribution in [0.5, 0.6) is 5.75 Å². The topological polar surface area (TPSA) is 57.9 Å². The van der Waals surface area contributed by atoms with E-state index >= 15 is 0 Å². The molecule has 0 fully saturated rings. The van der Waals surface area contributed by atoms with E-state index in [1.165, 1.54) is 0 Å². The smallest absolute Gasteiger partial charge is 0.142 e. The Balaban J connectivity index is 2.21. The van der Waals surface area contributed by atoms with Crippen molar-refractivity contribution in [3.8, 4) is 11.8 Å². The van der Waals surface area contributed by atoms with Crippen molar-refractivity contribution < 1.29 is 4.74 Å². The number of ether oxygens (including phenoxy) is 1. The van der Waals surface area contributed by atoms with Gasteiger partial charge in [-0.3, -0.25) is 0 Å². The fraction of sp³-hybridized carbons (Fsp3) is 0.200. The Hall–Kier alpha value is -1.80. The van der Waals surface area contributed by atoms with Crippen molar-refractivity contribution in [1.29, 1.82) is 5.26 Å². The Bertz CT molecular complexity index is 683. The number of pyridine rings is 1. The molecule has 0 saturated heterocycles. The third-order valence-corrected chi connectivity index (χ3v) is 3.27. The number of nitrogens with zero attached hydrogens (tertiary/aromatic N) is 2. The van der Waals surface area contributed by atoms with Gasteiger partial charge in [-0.15, -0.1) is 0 Å². The van der Waals surface area contributed by atoms with Crippen LogP contribution in [0.3, 0.4) is 0 Å². The maximum atomic E-state index is 8.84. The van der Waals surface area contributed by atoms with Gasteiger partial charge in [0.15, 0.2) is 0 Å². The number of nitrogens with one attached hydrogen (secondary N) is 1. The highest BCUT2D eigenvalue weighted by atomic mass is 35.5. The number of nitriles is 1. The minimum Gasteiger partial charge on any atom is -0.487 e. The molecule has 1 aromatic heterocycles. The van der Waals surface area contributed by atoms with Crippen LogP contribution in [0.4, 0.5) is 0 Å². The largest absolute Gasteiger partial charge is 0.487 e. The van der Waals surface area contributed by atoms with Crippen LogP contribution in [0.2, 0.25) is 10.0 Å². The monoisotopic (exact) mass is 321 g/mol. The van der Waals surface area contributed by atoms with E-state index in [0.717, 1.165) is 11.1 Å². The van der Waals surface area contributed by atoms with Crippen molar-refractivity contribution in [1.82, 2.24) is 10.3 Å². The first-order valence-electron chi connectivity index (χ1n) is 6.24. The molecule has 0 radical (unpaired) electrons. The fourth-order valence-electron chi connectivity index (χ4n) is 1.88. The van der Waals surface area contributed by atoms with Crippen LogP contribution in [0.15, 0.2) is 30.5 Å². The predicted octanol–water partition coefficient (Wildman–Crippen LogP) is 3.56. The molecule has 0 bridgehead atoms. The van der Waals surface area contributed by atoms with Crippen LogP contribution in [0.25, 0.3) is 0 Å². The molecule has 0 spiro atoms. The molecular formula is C15H13Cl2N3O. The summed E-state index contributed by atoms with van der Waals surface area (Å²) in [5, 5.41) is 12.9. The molecule has 0 atom stereocenters. The predicted molar refractivity (Wildman–Crippen MR) is 82.5 cm³/mol. The van der Waals surface area contributed by atoms with Crippen molar-refractivity contribution in [3.63, 3.8) is 0 Å². The molecule has 6 heteroatoms. The van der Waals surface area contributed by atoms with E-state index in [9.17, 15) is 0 Å². The highest BCUT2D eigenvalue weighted by Crippen LogP contribution is 2.33. The van der Waals surface area contributed by atoms with Crippen LogP contribution >= 0.6 is 23.2 Å². The van der Waals surface area contributed by atoms with Crippen molar-refractivity contribution >= 4 is 23.2 Å². The molecular weight excluding hydrogens is 309 g/mol. The van der Waals surface area contributed by atoms with Gasteiger partial charge in [0.1, 0.15) is 24.1 Å². The van der Waals surface area contributed by atoms with Crippen molar-refractivity contribution in [2.24, 2.45) is 0 Å². The van der Waals surface area contributed by atoms with E-state index in [1.807, 2.05) is 19.2 Å². The first-order valence-corrected chi connectivity index (χ1v) is 7.00. The van der Waals surface area contributed by atoms with Crippen LogP contribution in [0.1, 0.15) is 16.8 Å². The highest BCUT2D eigenvalue weighted by Gasteiger charge is 2.11. The first-order chi connectivity index (χ1) is 10.1. The Morgan fingerprint density at radius 2 is 2.14 bits per heavy atom. The molecule has 4 nitrogen and oxygen atoms in total. The minimum absolute atomic E-state index is 0.301. The molecule has 1 heterocycles. The molecule has 2 aromatic rings. The zero-order valence-electron chi connectivity index (χ0n) is 11.4. The summed E-state index contributed by atoms with van der Waals surface area (Å²) in [7, 11) is 1.83. The molecule has 108 valence electrons. The molecule has 1 aromatic carbocycles. The lowest BCUT2D eigenvalue weighted by molar-refractivity contribution is 0.302. The second kappa shape index (κ2) is 7.28. The van der Waals surface area contributed by atoms with E-state index in [0.29, 0.717) is 34.6 Å². The SMILES string of the molecule is CNCc1cc(Cl)cc(Cl)c1OCc1ccnc(C#N)c1. The zero-order chi connectivity index (χ0) is 15.2. The fourth-order valence-corrected chi connectivity index (χ4v) is 2.47. The Kier molecular flexibility index (Phi) is 5.40. The van der Waals surface area contributed by atoms with E-state index in [2.05, 4.69) is 10.3 Å². The summed E-state index contributed by atoms with van der Waals surface area (Å²) in [4.78, 5) is 3.92. The summed E-state index contributed by atoms with van der Waals surface area (Å²) in [6.45, 7) is 0.894. The van der Waals surface area contributed by atoms with Gasteiger partial charge in [0.2, 0.25) is 0 Å². The molecule has 0 saturated carbocycles. The maximum absolute atomic E-state index is 8.84. The summed E-state index contributed by atoms with van der Waals surface area (Å²) in [6.07, 6.45) is 1.58. The standard InChI is InChI=1S/C15H13Cl2N3O/c1-19-8-11-5-12(16)6-14(17)15(11)21-9-10-2-3-20-13(4-10)7-18/h2-6,19H,8-9H2,1H3. The summed E-state index contributed by atoms with van der Waals surface area (Å²) in [5.41, 5.74) is 2.08. The van der Waals surface area contributed by atoms with E-state index in [-0.39, 0.29) is 0 Å². The molecule has 0 amide bonds. The number of halogens is 2. The molecule has 0 aliphatic heterocycles. The minimum atomic E-state index is 0.301. The van der Waals surface area contributed by atoms with Crippen LogP contribution in [0, 0.1) is 11.3 Å². The van der Waals surface area contributed by atoms with Gasteiger partial charge in [-0.05, 0) is 36.9 Å². The average Bonchev–Trinajstić information content (AvgIpc) is 2.47. The third kappa shape index (κ3) is 4.08. The van der Waals surface area contributed by atoms with Crippen molar-refractivity contribution in [2.75, 3.05) is 7.05 Å². The van der Waals surface area contributed by atoms with Gasteiger partial charge in [0.25, 0.3) is 0 Å². The molecule has 1 N–H and O–H groups in total. The van der Waals surface area contributed by atoms with Gasteiger partial charge in [0, 0.05) is 23.3 Å². The highest BCUT2D eigenvalue weighted by molar-refractivity contribution is 6.35. The van der Waals surface area contributed by atoms with E-state index in [4.69, 9.17) is 33.2 Å². The second-order valence-corrected chi connectivity index (χ2v) is 5.20. The zero-order valence-corrected chi connectivity index (χ0v) is 12.9. The molecule has 0 aliphatic rings. The van der Waals surface area contributed by atoms with Gasteiger partial charge in [-0.2, -0.15) is 5.26 Å². The quantitative estimate of drug-likeness (QED) is 0.914. The molecule has 0 unspecified atom stereocenters. The lowest BCUT2D eigenvalue weighted by atomic mass is 10.2. The first kappa shape index (κ1) is 15.6. The van der Waals surface area contributed by atoms with Gasteiger partial charge >= 0.3 is 0 Å². The summed E-state index contributed by atoms with van der Waals surface area (Å²) >= 11 is 12.2. The number of hydrogen-bond acceptors (Lipinski definition) is 4. The Morgan fingerprint density at radius 3 is 2.86 bits per heavy atom. The third-order valence-electron chi connectivity index (χ3n) is 2.77. The molecule has 0 aliphatic carbocycles. The van der Waals surface area contributed by atoms with Gasteiger partial charge in [-0.25, -0.2) is 4.98 Å². The summed E-state index contributed by atoms with van der Waals surface area (Å²) in [6, 6.07) is 8.93. The Labute approximate surface area is 133 Å². The van der Waals surface area contributed by atoms with E-state index in [1.54, 1.807) is 24.4 Å². The van der Waals surface area contributed by atoms with Crippen LogP contribution in [-0.2, 0) is 13.2 Å². The average molecular weight is 322 g/mol. The molecule has 2 rings (SSSR count). The van der Waals surface area contributed by atoms with Crippen LogP contribution in [-0.4, -0.2) is 12.0 Å². The number of aromatic nitrogens is 1. The number of rotatable bonds is 5. The number of benzene rings is 1. The van der Waals surface area contributed by atoms with Crippen molar-refractivity contribution in [2.45, 2.75) is 13.2 Å². The van der Waals surface area contributed by atoms with Crippen LogP contribution < -0.4 is 10.1 Å². The van der Waals surface area contributed by atoms with Gasteiger partial charge < -0.3 is 10.1 Å². The van der Waals surface area contributed by atoms with Gasteiger partial charge in [0.05, 0.1) is 5.02 Å². The maximum Gasteiger partial charge on any atom is 0.142 e. The van der Waals surface area contributed by atoms with Gasteiger partial charge in [-0.1, -0.05) is 23.2 Å². The number of hydrogen-bond donors (Lipinski definition) is 1. The summed E-state index contributed by atoms with van der Waals surface area (Å²) in [5.74, 6) is 0.589. The lowest BCUT2D eigenvalue weighted by Crippen LogP contribution is -2.08. The van der Waals surface area contributed by atoms with E-state index < -0.39 is 0 Å². The van der Waals surface area contributed by atoms with Crippen molar-refractivity contribution in [3.05, 3.63) is 57.3 Å².